The fraction of sp³-hybridized carbons (Fsp3) is 0.118. The van der Waals surface area contributed by atoms with Crippen molar-refractivity contribution in [3.8, 4) is 0 Å². The predicted molar refractivity (Wildman–Crippen MR) is 93.9 cm³/mol. The molecule has 0 unspecified atom stereocenters. The van der Waals surface area contributed by atoms with Crippen molar-refractivity contribution >= 4 is 50.0 Å². The maximum Gasteiger partial charge on any atom is 0.374 e. The Hall–Kier alpha value is -2.25. The molecule has 0 saturated carbocycles. The standard InChI is InChI=1S/C17H11BrO5S/c1-9-2-3-13-10(6-9)11(19)7-14(23-13)17(21)22-8-12(20)15-4-5-16(18)24-15/h2-7H,8H2,1H3. The quantitative estimate of drug-likeness (QED) is 0.484. The number of Topliss-reactive ketones (excluding diaryl/α,β-unsaturated/α-hetero) is 1. The highest BCUT2D eigenvalue weighted by atomic mass is 79.9. The third kappa shape index (κ3) is 3.47. The second kappa shape index (κ2) is 6.70. The largest absolute Gasteiger partial charge is 0.451 e. The van der Waals surface area contributed by atoms with Crippen molar-refractivity contribution in [2.24, 2.45) is 0 Å². The zero-order valence-electron chi connectivity index (χ0n) is 12.5. The molecule has 0 aliphatic heterocycles. The van der Waals surface area contributed by atoms with Crippen LogP contribution in [0.25, 0.3) is 11.0 Å². The molecule has 0 N–H and O–H groups in total. The topological polar surface area (TPSA) is 73.6 Å². The minimum atomic E-state index is -0.849. The van der Waals surface area contributed by atoms with Crippen LogP contribution in [0.1, 0.15) is 25.8 Å². The number of aryl methyl sites for hydroxylation is 1. The maximum absolute atomic E-state index is 12.1. The number of hydrogen-bond acceptors (Lipinski definition) is 6. The summed E-state index contributed by atoms with van der Waals surface area (Å²) in [5, 5.41) is 0.395. The van der Waals surface area contributed by atoms with Crippen LogP contribution in [0, 0.1) is 6.92 Å². The van der Waals surface area contributed by atoms with Gasteiger partial charge in [0, 0.05) is 6.07 Å². The Bertz CT molecular complexity index is 1000. The molecule has 0 amide bonds. The van der Waals surface area contributed by atoms with Crippen molar-refractivity contribution in [1.82, 2.24) is 0 Å². The van der Waals surface area contributed by atoms with Crippen LogP contribution in [0.15, 0.2) is 49.4 Å². The molecule has 24 heavy (non-hydrogen) atoms. The van der Waals surface area contributed by atoms with Crippen LogP contribution in [0.4, 0.5) is 0 Å². The van der Waals surface area contributed by atoms with Gasteiger partial charge in [0.15, 0.2) is 12.0 Å². The summed E-state index contributed by atoms with van der Waals surface area (Å²) in [5.74, 6) is -1.40. The summed E-state index contributed by atoms with van der Waals surface area (Å²) < 4.78 is 11.2. The normalized spacial score (nSPS) is 10.8. The number of carbonyl (C=O) groups excluding carboxylic acids is 2. The van der Waals surface area contributed by atoms with Crippen LogP contribution in [-0.4, -0.2) is 18.4 Å². The smallest absolute Gasteiger partial charge is 0.374 e. The van der Waals surface area contributed by atoms with Crippen LogP contribution in [0.3, 0.4) is 0 Å². The lowest BCUT2D eigenvalue weighted by Crippen LogP contribution is -2.15. The van der Waals surface area contributed by atoms with Gasteiger partial charge in [0.1, 0.15) is 5.58 Å². The van der Waals surface area contributed by atoms with Gasteiger partial charge in [-0.2, -0.15) is 0 Å². The van der Waals surface area contributed by atoms with E-state index in [1.807, 2.05) is 6.92 Å². The molecule has 7 heteroatoms. The average molecular weight is 407 g/mol. The zero-order valence-corrected chi connectivity index (χ0v) is 14.9. The van der Waals surface area contributed by atoms with E-state index >= 15 is 0 Å². The molecular formula is C17H11BrO5S. The number of rotatable bonds is 4. The lowest BCUT2D eigenvalue weighted by atomic mass is 10.1. The molecule has 3 aromatic rings. The Balaban J connectivity index is 1.78. The van der Waals surface area contributed by atoms with Crippen molar-refractivity contribution in [3.05, 3.63) is 66.6 Å². The first-order valence-corrected chi connectivity index (χ1v) is 8.55. The molecule has 0 saturated heterocycles. The van der Waals surface area contributed by atoms with Crippen LogP contribution >= 0.6 is 27.3 Å². The van der Waals surface area contributed by atoms with E-state index in [2.05, 4.69) is 15.9 Å². The van der Waals surface area contributed by atoms with Gasteiger partial charge in [0.2, 0.25) is 11.5 Å². The summed E-state index contributed by atoms with van der Waals surface area (Å²) in [6.07, 6.45) is 0. The SMILES string of the molecule is Cc1ccc2oc(C(=O)OCC(=O)c3ccc(Br)s3)cc(=O)c2c1. The first-order chi connectivity index (χ1) is 11.4. The number of halogens is 1. The summed E-state index contributed by atoms with van der Waals surface area (Å²) in [6, 6.07) is 9.55. The Morgan fingerprint density at radius 1 is 1.21 bits per heavy atom. The van der Waals surface area contributed by atoms with E-state index in [-0.39, 0.29) is 17.0 Å². The van der Waals surface area contributed by atoms with E-state index in [0.29, 0.717) is 15.8 Å². The van der Waals surface area contributed by atoms with E-state index < -0.39 is 12.6 Å². The molecule has 122 valence electrons. The zero-order chi connectivity index (χ0) is 17.3. The molecule has 0 radical (unpaired) electrons. The molecule has 0 bridgehead atoms. The number of ether oxygens (including phenoxy) is 1. The number of carbonyl (C=O) groups is 2. The van der Waals surface area contributed by atoms with Gasteiger partial charge in [-0.05, 0) is 47.1 Å². The number of esters is 1. The van der Waals surface area contributed by atoms with Gasteiger partial charge in [-0.3, -0.25) is 9.59 Å². The highest BCUT2D eigenvalue weighted by molar-refractivity contribution is 9.11. The predicted octanol–water partition coefficient (Wildman–Crippen LogP) is 3.97. The molecular weight excluding hydrogens is 396 g/mol. The third-order valence-electron chi connectivity index (χ3n) is 3.27. The number of hydrogen-bond donors (Lipinski definition) is 0. The van der Waals surface area contributed by atoms with Crippen molar-refractivity contribution < 1.29 is 18.7 Å². The number of fused-ring (bicyclic) bond motifs is 1. The van der Waals surface area contributed by atoms with E-state index in [9.17, 15) is 14.4 Å². The highest BCUT2D eigenvalue weighted by Crippen LogP contribution is 2.22. The molecule has 0 atom stereocenters. The van der Waals surface area contributed by atoms with Gasteiger partial charge in [-0.25, -0.2) is 4.79 Å². The fourth-order valence-electron chi connectivity index (χ4n) is 2.11. The maximum atomic E-state index is 12.1. The second-order valence-electron chi connectivity index (χ2n) is 5.08. The Labute approximate surface area is 149 Å². The lowest BCUT2D eigenvalue weighted by molar-refractivity contribution is 0.0445. The van der Waals surface area contributed by atoms with Gasteiger partial charge < -0.3 is 9.15 Å². The van der Waals surface area contributed by atoms with Gasteiger partial charge in [-0.15, -0.1) is 11.3 Å². The average Bonchev–Trinajstić information content (AvgIpc) is 2.99. The van der Waals surface area contributed by atoms with Gasteiger partial charge >= 0.3 is 5.97 Å². The Kier molecular flexibility index (Phi) is 4.64. The van der Waals surface area contributed by atoms with Crippen molar-refractivity contribution in [3.63, 3.8) is 0 Å². The molecule has 3 rings (SSSR count). The van der Waals surface area contributed by atoms with Crippen LogP contribution in [0.5, 0.6) is 0 Å². The van der Waals surface area contributed by atoms with E-state index in [4.69, 9.17) is 9.15 Å². The number of benzene rings is 1. The summed E-state index contributed by atoms with van der Waals surface area (Å²) >= 11 is 4.51. The van der Waals surface area contributed by atoms with E-state index in [1.54, 1.807) is 30.3 Å². The summed E-state index contributed by atoms with van der Waals surface area (Å²) in [7, 11) is 0. The van der Waals surface area contributed by atoms with Crippen LogP contribution in [-0.2, 0) is 4.74 Å². The lowest BCUT2D eigenvalue weighted by Gasteiger charge is -2.04. The number of ketones is 1. The molecule has 5 nitrogen and oxygen atoms in total. The second-order valence-corrected chi connectivity index (χ2v) is 7.54. The highest BCUT2D eigenvalue weighted by Gasteiger charge is 2.17. The first-order valence-electron chi connectivity index (χ1n) is 6.94. The van der Waals surface area contributed by atoms with Crippen molar-refractivity contribution in [2.45, 2.75) is 6.92 Å². The monoisotopic (exact) mass is 406 g/mol. The first kappa shape index (κ1) is 16.6. The summed E-state index contributed by atoms with van der Waals surface area (Å²) in [6.45, 7) is 1.44. The molecule has 1 aromatic carbocycles. The van der Waals surface area contributed by atoms with Crippen molar-refractivity contribution in [1.29, 1.82) is 0 Å². The molecule has 0 spiro atoms. The Morgan fingerprint density at radius 3 is 2.71 bits per heavy atom. The molecule has 0 aliphatic rings. The minimum Gasteiger partial charge on any atom is -0.451 e. The Morgan fingerprint density at radius 2 is 2.00 bits per heavy atom. The molecule has 2 aromatic heterocycles. The van der Waals surface area contributed by atoms with E-state index in [1.165, 1.54) is 11.3 Å². The number of thiophene rings is 1. The van der Waals surface area contributed by atoms with Crippen LogP contribution in [0.2, 0.25) is 0 Å². The van der Waals surface area contributed by atoms with Crippen molar-refractivity contribution in [2.75, 3.05) is 6.61 Å². The molecule has 2 heterocycles. The molecule has 0 fully saturated rings. The van der Waals surface area contributed by atoms with Gasteiger partial charge in [0.05, 0.1) is 14.0 Å². The fourth-order valence-corrected chi connectivity index (χ4v) is 3.42. The minimum absolute atomic E-state index is 0.225. The van der Waals surface area contributed by atoms with E-state index in [0.717, 1.165) is 15.4 Å². The summed E-state index contributed by atoms with van der Waals surface area (Å²) in [5.41, 5.74) is 0.881. The van der Waals surface area contributed by atoms with Crippen LogP contribution < -0.4 is 5.43 Å². The third-order valence-corrected chi connectivity index (χ3v) is 4.93. The molecule has 0 aliphatic carbocycles. The summed E-state index contributed by atoms with van der Waals surface area (Å²) in [4.78, 5) is 36.5. The van der Waals surface area contributed by atoms with Gasteiger partial charge in [-0.1, -0.05) is 11.6 Å². The van der Waals surface area contributed by atoms with Gasteiger partial charge in [0.25, 0.3) is 0 Å².